The van der Waals surface area contributed by atoms with Crippen LogP contribution in [0.1, 0.15) is 12.0 Å². The Kier molecular flexibility index (Phi) is 6.54. The minimum absolute atomic E-state index is 0.290. The molecule has 0 fully saturated rings. The summed E-state index contributed by atoms with van der Waals surface area (Å²) in [4.78, 5) is 1.66. The molecule has 114 valence electrons. The van der Waals surface area contributed by atoms with Gasteiger partial charge in [0.1, 0.15) is 10.7 Å². The van der Waals surface area contributed by atoms with Gasteiger partial charge in [-0.15, -0.1) is 0 Å². The SMILES string of the molecule is CNCc1ccc(S(=O)(=O)NCCCN(C)C)c(F)c1. The van der Waals surface area contributed by atoms with Crippen molar-refractivity contribution in [1.29, 1.82) is 0 Å². The molecule has 1 aromatic rings. The molecule has 0 radical (unpaired) electrons. The fourth-order valence-corrected chi connectivity index (χ4v) is 2.89. The second kappa shape index (κ2) is 7.68. The fraction of sp³-hybridized carbons (Fsp3) is 0.538. The van der Waals surface area contributed by atoms with Crippen LogP contribution in [0.2, 0.25) is 0 Å². The number of benzene rings is 1. The highest BCUT2D eigenvalue weighted by Crippen LogP contribution is 2.16. The number of nitrogens with one attached hydrogen (secondary N) is 2. The molecular formula is C13H22FN3O2S. The summed E-state index contributed by atoms with van der Waals surface area (Å²) in [7, 11) is 1.78. The molecule has 0 amide bonds. The first-order valence-corrected chi connectivity index (χ1v) is 7.92. The molecule has 0 bridgehead atoms. The maximum Gasteiger partial charge on any atom is 0.243 e. The summed E-state index contributed by atoms with van der Waals surface area (Å²) in [6, 6.07) is 4.15. The molecular weight excluding hydrogens is 281 g/mol. The molecule has 7 heteroatoms. The van der Waals surface area contributed by atoms with Gasteiger partial charge in [-0.25, -0.2) is 17.5 Å². The predicted molar refractivity (Wildman–Crippen MR) is 77.5 cm³/mol. The van der Waals surface area contributed by atoms with Crippen molar-refractivity contribution in [3.63, 3.8) is 0 Å². The Bertz CT molecular complexity index is 532. The van der Waals surface area contributed by atoms with Crippen molar-refractivity contribution in [3.8, 4) is 0 Å². The maximum atomic E-state index is 13.9. The average Bonchev–Trinajstić information content (AvgIpc) is 2.34. The van der Waals surface area contributed by atoms with E-state index in [1.54, 1.807) is 13.1 Å². The van der Waals surface area contributed by atoms with Gasteiger partial charge in [0.05, 0.1) is 0 Å². The third-order valence-electron chi connectivity index (χ3n) is 2.74. The monoisotopic (exact) mass is 303 g/mol. The van der Waals surface area contributed by atoms with Crippen molar-refractivity contribution in [3.05, 3.63) is 29.6 Å². The van der Waals surface area contributed by atoms with Crippen LogP contribution in [0.5, 0.6) is 0 Å². The van der Waals surface area contributed by atoms with Gasteiger partial charge in [-0.3, -0.25) is 0 Å². The second-order valence-corrected chi connectivity index (χ2v) is 6.59. The topological polar surface area (TPSA) is 61.4 Å². The molecule has 5 nitrogen and oxygen atoms in total. The van der Waals surface area contributed by atoms with Gasteiger partial charge in [-0.1, -0.05) is 6.07 Å². The first-order valence-electron chi connectivity index (χ1n) is 6.44. The predicted octanol–water partition coefficient (Wildman–Crippen LogP) is 0.775. The smallest absolute Gasteiger partial charge is 0.243 e. The molecule has 0 aromatic heterocycles. The lowest BCUT2D eigenvalue weighted by Gasteiger charge is -2.11. The highest BCUT2D eigenvalue weighted by atomic mass is 32.2. The van der Waals surface area contributed by atoms with Gasteiger partial charge in [-0.05, 0) is 51.8 Å². The molecule has 0 aliphatic heterocycles. The Balaban J connectivity index is 2.72. The number of sulfonamides is 1. The summed E-state index contributed by atoms with van der Waals surface area (Å²) in [5.41, 5.74) is 0.705. The summed E-state index contributed by atoms with van der Waals surface area (Å²) in [6.45, 7) is 1.55. The lowest BCUT2D eigenvalue weighted by atomic mass is 10.2. The van der Waals surface area contributed by atoms with E-state index >= 15 is 0 Å². The van der Waals surface area contributed by atoms with E-state index in [1.807, 2.05) is 19.0 Å². The van der Waals surface area contributed by atoms with Crippen molar-refractivity contribution >= 4 is 10.0 Å². The van der Waals surface area contributed by atoms with Crippen molar-refractivity contribution in [2.75, 3.05) is 34.2 Å². The zero-order valence-corrected chi connectivity index (χ0v) is 12.9. The van der Waals surface area contributed by atoms with E-state index < -0.39 is 15.8 Å². The molecule has 2 N–H and O–H groups in total. The van der Waals surface area contributed by atoms with E-state index in [-0.39, 0.29) is 11.4 Å². The van der Waals surface area contributed by atoms with Crippen LogP contribution in [0.4, 0.5) is 4.39 Å². The Morgan fingerprint density at radius 3 is 2.55 bits per heavy atom. The van der Waals surface area contributed by atoms with Crippen LogP contribution in [-0.4, -0.2) is 47.6 Å². The highest BCUT2D eigenvalue weighted by Gasteiger charge is 2.18. The number of hydrogen-bond donors (Lipinski definition) is 2. The van der Waals surface area contributed by atoms with Gasteiger partial charge in [0.25, 0.3) is 0 Å². The Hall–Kier alpha value is -1.02. The van der Waals surface area contributed by atoms with E-state index in [0.29, 0.717) is 18.5 Å². The molecule has 0 unspecified atom stereocenters. The first-order chi connectivity index (χ1) is 9.36. The zero-order valence-electron chi connectivity index (χ0n) is 12.1. The van der Waals surface area contributed by atoms with Gasteiger partial charge in [0.2, 0.25) is 10.0 Å². The highest BCUT2D eigenvalue weighted by molar-refractivity contribution is 7.89. The van der Waals surface area contributed by atoms with E-state index in [0.717, 1.165) is 6.54 Å². The standard InChI is InChI=1S/C13H22FN3O2S/c1-15-10-11-5-6-13(12(14)9-11)20(18,19)16-7-4-8-17(2)3/h5-6,9,15-16H,4,7-8,10H2,1-3H3. The van der Waals surface area contributed by atoms with Gasteiger partial charge in [-0.2, -0.15) is 0 Å². The van der Waals surface area contributed by atoms with Crippen LogP contribution < -0.4 is 10.0 Å². The fourth-order valence-electron chi connectivity index (χ4n) is 1.76. The Morgan fingerprint density at radius 2 is 2.00 bits per heavy atom. The summed E-state index contributed by atoms with van der Waals surface area (Å²) in [5, 5.41) is 2.89. The van der Waals surface area contributed by atoms with Crippen LogP contribution in [0.25, 0.3) is 0 Å². The summed E-state index contributed by atoms with van der Waals surface area (Å²) >= 11 is 0. The second-order valence-electron chi connectivity index (χ2n) is 4.85. The molecule has 0 saturated carbocycles. The number of rotatable bonds is 8. The Morgan fingerprint density at radius 1 is 1.30 bits per heavy atom. The van der Waals surface area contributed by atoms with Crippen molar-refractivity contribution in [2.45, 2.75) is 17.9 Å². The van der Waals surface area contributed by atoms with Gasteiger partial charge in [0.15, 0.2) is 0 Å². The molecule has 0 saturated heterocycles. The van der Waals surface area contributed by atoms with Crippen LogP contribution >= 0.6 is 0 Å². The normalized spacial score (nSPS) is 12.1. The van der Waals surface area contributed by atoms with Crippen LogP contribution in [0.3, 0.4) is 0 Å². The van der Waals surface area contributed by atoms with E-state index in [1.165, 1.54) is 12.1 Å². The Labute approximate surface area is 120 Å². The molecule has 0 aliphatic carbocycles. The molecule has 0 atom stereocenters. The minimum Gasteiger partial charge on any atom is -0.316 e. The largest absolute Gasteiger partial charge is 0.316 e. The van der Waals surface area contributed by atoms with Gasteiger partial charge >= 0.3 is 0 Å². The van der Waals surface area contributed by atoms with Crippen LogP contribution in [0, 0.1) is 5.82 Å². The average molecular weight is 303 g/mol. The molecule has 0 spiro atoms. The van der Waals surface area contributed by atoms with Crippen molar-refractivity contribution < 1.29 is 12.8 Å². The third kappa shape index (κ3) is 5.16. The summed E-state index contributed by atoms with van der Waals surface area (Å²) in [6.07, 6.45) is 0.672. The summed E-state index contributed by atoms with van der Waals surface area (Å²) < 4.78 is 40.2. The summed E-state index contributed by atoms with van der Waals surface area (Å²) in [5.74, 6) is -0.724. The van der Waals surface area contributed by atoms with Crippen LogP contribution in [0.15, 0.2) is 23.1 Å². The van der Waals surface area contributed by atoms with E-state index in [4.69, 9.17) is 0 Å². The number of hydrogen-bond acceptors (Lipinski definition) is 4. The van der Waals surface area contributed by atoms with E-state index in [9.17, 15) is 12.8 Å². The quantitative estimate of drug-likeness (QED) is 0.697. The number of halogens is 1. The van der Waals surface area contributed by atoms with Crippen LogP contribution in [-0.2, 0) is 16.6 Å². The molecule has 1 aromatic carbocycles. The molecule has 20 heavy (non-hydrogen) atoms. The number of nitrogens with zero attached hydrogens (tertiary/aromatic N) is 1. The lowest BCUT2D eigenvalue weighted by Crippen LogP contribution is -2.28. The van der Waals surface area contributed by atoms with Gasteiger partial charge < -0.3 is 10.2 Å². The first kappa shape index (κ1) is 17.0. The van der Waals surface area contributed by atoms with E-state index in [2.05, 4.69) is 10.0 Å². The van der Waals surface area contributed by atoms with Crippen molar-refractivity contribution in [1.82, 2.24) is 14.9 Å². The van der Waals surface area contributed by atoms with Crippen molar-refractivity contribution in [2.24, 2.45) is 0 Å². The zero-order chi connectivity index (χ0) is 15.2. The maximum absolute atomic E-state index is 13.9. The lowest BCUT2D eigenvalue weighted by molar-refractivity contribution is 0.400. The molecule has 0 heterocycles. The van der Waals surface area contributed by atoms with Gasteiger partial charge in [0, 0.05) is 13.1 Å². The minimum atomic E-state index is -3.78. The molecule has 0 aliphatic rings. The molecule has 1 rings (SSSR count). The third-order valence-corrected chi connectivity index (χ3v) is 4.24.